The lowest BCUT2D eigenvalue weighted by Gasteiger charge is -2.34. The van der Waals surface area contributed by atoms with E-state index in [1.54, 1.807) is 27.2 Å². The van der Waals surface area contributed by atoms with Crippen molar-refractivity contribution in [3.63, 3.8) is 0 Å². The molecule has 0 saturated carbocycles. The molecule has 154 valence electrons. The quantitative estimate of drug-likeness (QED) is 0.783. The second kappa shape index (κ2) is 9.54. The van der Waals surface area contributed by atoms with Crippen LogP contribution in [0.5, 0.6) is 0 Å². The van der Waals surface area contributed by atoms with Gasteiger partial charge in [0, 0.05) is 31.7 Å². The van der Waals surface area contributed by atoms with Gasteiger partial charge < -0.3 is 10.2 Å². The molecule has 0 aliphatic carbocycles. The van der Waals surface area contributed by atoms with Gasteiger partial charge in [0.15, 0.2) is 0 Å². The SMILES string of the molecule is CCc1ccc(C(=O)N2CCN(CC(=O)NC(=O)NCC(F)(F)F)CC2)cc1. The van der Waals surface area contributed by atoms with Gasteiger partial charge in [0.2, 0.25) is 5.91 Å². The highest BCUT2D eigenvalue weighted by atomic mass is 19.4. The summed E-state index contributed by atoms with van der Waals surface area (Å²) in [6.07, 6.45) is -3.65. The molecular formula is C18H23F3N4O3. The molecule has 1 aromatic rings. The van der Waals surface area contributed by atoms with Crippen LogP contribution in [0.2, 0.25) is 0 Å². The van der Waals surface area contributed by atoms with Crippen molar-refractivity contribution in [1.29, 1.82) is 0 Å². The minimum Gasteiger partial charge on any atom is -0.336 e. The fourth-order valence-electron chi connectivity index (χ4n) is 2.77. The molecule has 2 N–H and O–H groups in total. The van der Waals surface area contributed by atoms with Gasteiger partial charge in [0.1, 0.15) is 6.54 Å². The summed E-state index contributed by atoms with van der Waals surface area (Å²) >= 11 is 0. The number of hydrogen-bond donors (Lipinski definition) is 2. The lowest BCUT2D eigenvalue weighted by molar-refractivity contribution is -0.125. The molecule has 1 aliphatic heterocycles. The molecule has 28 heavy (non-hydrogen) atoms. The summed E-state index contributed by atoms with van der Waals surface area (Å²) in [5.41, 5.74) is 1.75. The average molecular weight is 400 g/mol. The first-order valence-corrected chi connectivity index (χ1v) is 8.93. The number of alkyl halides is 3. The van der Waals surface area contributed by atoms with E-state index in [0.29, 0.717) is 31.7 Å². The van der Waals surface area contributed by atoms with E-state index in [1.807, 2.05) is 24.4 Å². The van der Waals surface area contributed by atoms with E-state index < -0.39 is 24.7 Å². The number of carbonyl (C=O) groups excluding carboxylic acids is 3. The maximum absolute atomic E-state index is 12.5. The van der Waals surface area contributed by atoms with Crippen molar-refractivity contribution in [2.45, 2.75) is 19.5 Å². The van der Waals surface area contributed by atoms with Gasteiger partial charge in [0.05, 0.1) is 6.54 Å². The highest BCUT2D eigenvalue weighted by molar-refractivity contribution is 5.95. The summed E-state index contributed by atoms with van der Waals surface area (Å²) in [4.78, 5) is 39.0. The van der Waals surface area contributed by atoms with Gasteiger partial charge in [-0.25, -0.2) is 4.79 Å². The van der Waals surface area contributed by atoms with E-state index in [2.05, 4.69) is 0 Å². The summed E-state index contributed by atoms with van der Waals surface area (Å²) in [5.74, 6) is -0.784. The Bertz CT molecular complexity index is 699. The molecular weight excluding hydrogens is 377 g/mol. The van der Waals surface area contributed by atoms with Gasteiger partial charge in [-0.2, -0.15) is 13.2 Å². The summed E-state index contributed by atoms with van der Waals surface area (Å²) in [7, 11) is 0. The Hall–Kier alpha value is -2.62. The number of imide groups is 1. The molecule has 0 bridgehead atoms. The van der Waals surface area contributed by atoms with Crippen LogP contribution >= 0.6 is 0 Å². The van der Waals surface area contributed by atoms with Crippen LogP contribution in [-0.2, 0) is 11.2 Å². The number of urea groups is 1. The number of hydrogen-bond acceptors (Lipinski definition) is 4. The average Bonchev–Trinajstić information content (AvgIpc) is 2.66. The molecule has 4 amide bonds. The third-order valence-electron chi connectivity index (χ3n) is 4.34. The van der Waals surface area contributed by atoms with E-state index in [1.165, 1.54) is 0 Å². The van der Waals surface area contributed by atoms with Crippen LogP contribution in [0.15, 0.2) is 24.3 Å². The Kier molecular flexibility index (Phi) is 7.38. The zero-order valence-electron chi connectivity index (χ0n) is 15.5. The van der Waals surface area contributed by atoms with Gasteiger partial charge >= 0.3 is 12.2 Å². The Morgan fingerprint density at radius 1 is 1.04 bits per heavy atom. The summed E-state index contributed by atoms with van der Waals surface area (Å²) < 4.78 is 36.1. The molecule has 0 atom stereocenters. The monoisotopic (exact) mass is 400 g/mol. The standard InChI is InChI=1S/C18H23F3N4O3/c1-2-13-3-5-14(6-4-13)16(27)25-9-7-24(8-10-25)11-15(26)23-17(28)22-12-18(19,20)21/h3-6H,2,7-12H2,1H3,(H2,22,23,26,28). The highest BCUT2D eigenvalue weighted by Crippen LogP contribution is 2.12. The van der Waals surface area contributed by atoms with Crippen molar-refractivity contribution in [2.24, 2.45) is 0 Å². The Labute approximate surface area is 160 Å². The Morgan fingerprint density at radius 3 is 2.18 bits per heavy atom. The first kappa shape index (κ1) is 21.7. The van der Waals surface area contributed by atoms with Crippen LogP contribution in [0.25, 0.3) is 0 Å². The van der Waals surface area contributed by atoms with Gasteiger partial charge in [0.25, 0.3) is 5.91 Å². The molecule has 7 nitrogen and oxygen atoms in total. The zero-order valence-corrected chi connectivity index (χ0v) is 15.5. The van der Waals surface area contributed by atoms with Gasteiger partial charge in [-0.1, -0.05) is 19.1 Å². The number of piperazine rings is 1. The largest absolute Gasteiger partial charge is 0.405 e. The molecule has 1 fully saturated rings. The van der Waals surface area contributed by atoms with Crippen LogP contribution in [0.1, 0.15) is 22.8 Å². The number of nitrogens with one attached hydrogen (secondary N) is 2. The lowest BCUT2D eigenvalue weighted by atomic mass is 10.1. The smallest absolute Gasteiger partial charge is 0.336 e. The number of rotatable bonds is 5. The van der Waals surface area contributed by atoms with E-state index in [0.717, 1.165) is 12.0 Å². The minimum atomic E-state index is -4.54. The maximum atomic E-state index is 12.5. The van der Waals surface area contributed by atoms with Crippen LogP contribution in [-0.4, -0.2) is 73.1 Å². The number of halogens is 3. The molecule has 0 aromatic heterocycles. The van der Waals surface area contributed by atoms with Gasteiger partial charge in [-0.3, -0.25) is 19.8 Å². The van der Waals surface area contributed by atoms with Crippen molar-refractivity contribution < 1.29 is 27.6 Å². The van der Waals surface area contributed by atoms with E-state index in [9.17, 15) is 27.6 Å². The molecule has 10 heteroatoms. The minimum absolute atomic E-state index is 0.0849. The molecule has 1 saturated heterocycles. The first-order valence-electron chi connectivity index (χ1n) is 8.93. The van der Waals surface area contributed by atoms with Crippen LogP contribution in [0.4, 0.5) is 18.0 Å². The molecule has 1 aliphatic rings. The zero-order chi connectivity index (χ0) is 20.7. The fourth-order valence-corrected chi connectivity index (χ4v) is 2.77. The van der Waals surface area contributed by atoms with Crippen LogP contribution in [0, 0.1) is 0 Å². The topological polar surface area (TPSA) is 81.8 Å². The van der Waals surface area contributed by atoms with Gasteiger partial charge in [-0.05, 0) is 24.1 Å². The molecule has 0 unspecified atom stereocenters. The van der Waals surface area contributed by atoms with E-state index in [-0.39, 0.29) is 12.5 Å². The molecule has 0 spiro atoms. The van der Waals surface area contributed by atoms with Crippen molar-refractivity contribution in [2.75, 3.05) is 39.3 Å². The Morgan fingerprint density at radius 2 is 1.64 bits per heavy atom. The van der Waals surface area contributed by atoms with Crippen molar-refractivity contribution in [3.05, 3.63) is 35.4 Å². The summed E-state index contributed by atoms with van der Waals surface area (Å²) in [5, 5.41) is 3.43. The molecule has 1 heterocycles. The van der Waals surface area contributed by atoms with Gasteiger partial charge in [-0.15, -0.1) is 0 Å². The Balaban J connectivity index is 1.74. The van der Waals surface area contributed by atoms with Crippen LogP contribution < -0.4 is 10.6 Å². The first-order chi connectivity index (χ1) is 13.2. The highest BCUT2D eigenvalue weighted by Gasteiger charge is 2.28. The second-order valence-electron chi connectivity index (χ2n) is 6.46. The maximum Gasteiger partial charge on any atom is 0.405 e. The van der Waals surface area contributed by atoms with Crippen molar-refractivity contribution in [1.82, 2.24) is 20.4 Å². The lowest BCUT2D eigenvalue weighted by Crippen LogP contribution is -2.52. The summed E-state index contributed by atoms with van der Waals surface area (Å²) in [6.45, 7) is 2.08. The molecule has 0 radical (unpaired) electrons. The normalized spacial score (nSPS) is 15.2. The molecule has 1 aromatic carbocycles. The second-order valence-corrected chi connectivity index (χ2v) is 6.46. The third-order valence-corrected chi connectivity index (χ3v) is 4.34. The molecule has 2 rings (SSSR count). The van der Waals surface area contributed by atoms with Crippen molar-refractivity contribution >= 4 is 17.8 Å². The predicted octanol–water partition coefficient (Wildman–Crippen LogP) is 1.39. The fraction of sp³-hybridized carbons (Fsp3) is 0.500. The number of aryl methyl sites for hydroxylation is 1. The predicted molar refractivity (Wildman–Crippen MR) is 95.8 cm³/mol. The summed E-state index contributed by atoms with van der Waals surface area (Å²) in [6, 6.07) is 6.22. The third kappa shape index (κ3) is 6.84. The van der Waals surface area contributed by atoms with E-state index in [4.69, 9.17) is 0 Å². The number of nitrogens with zero attached hydrogens (tertiary/aromatic N) is 2. The van der Waals surface area contributed by atoms with Crippen LogP contribution in [0.3, 0.4) is 0 Å². The van der Waals surface area contributed by atoms with E-state index >= 15 is 0 Å². The van der Waals surface area contributed by atoms with Crippen molar-refractivity contribution in [3.8, 4) is 0 Å². The number of benzene rings is 1. The number of carbonyl (C=O) groups is 3. The number of amides is 4.